The molecule has 1 aliphatic heterocycles. The summed E-state index contributed by atoms with van der Waals surface area (Å²) in [5, 5.41) is 24.6. The lowest BCUT2D eigenvalue weighted by Gasteiger charge is -2.34. The van der Waals surface area contributed by atoms with Gasteiger partial charge in [-0.2, -0.15) is 18.3 Å². The van der Waals surface area contributed by atoms with E-state index in [2.05, 4.69) is 5.10 Å². The Hall–Kier alpha value is -2.54. The van der Waals surface area contributed by atoms with Crippen LogP contribution in [0.5, 0.6) is 5.75 Å². The van der Waals surface area contributed by atoms with Crippen LogP contribution in [0.4, 0.5) is 18.9 Å². The Morgan fingerprint density at radius 1 is 1.00 bits per heavy atom. The lowest BCUT2D eigenvalue weighted by atomic mass is 10.00. The number of aromatic hydroxyl groups is 1. The van der Waals surface area contributed by atoms with E-state index in [9.17, 15) is 23.4 Å². The van der Waals surface area contributed by atoms with Crippen LogP contribution in [-0.2, 0) is 0 Å². The number of anilines is 1. The summed E-state index contributed by atoms with van der Waals surface area (Å²) in [4.78, 5) is 0. The zero-order chi connectivity index (χ0) is 16.7. The maximum Gasteiger partial charge on any atom is 0.438 e. The third-order valence-corrected chi connectivity index (χ3v) is 3.65. The molecule has 0 radical (unpaired) electrons. The normalized spacial score (nSPS) is 21.4. The SMILES string of the molecule is Oc1ccccc1C1=NN(c2ccccc2)[C@](O)(C(F)(F)F)C1. The molecular formula is C16H13F3N2O2. The fourth-order valence-electron chi connectivity index (χ4n) is 2.47. The number of phenols is 1. The van der Waals surface area contributed by atoms with Crippen molar-refractivity contribution < 1.29 is 23.4 Å². The lowest BCUT2D eigenvalue weighted by Crippen LogP contribution is -2.55. The average Bonchev–Trinajstić information content (AvgIpc) is 2.87. The van der Waals surface area contributed by atoms with E-state index in [1.165, 1.54) is 24.3 Å². The minimum Gasteiger partial charge on any atom is -0.507 e. The Bertz CT molecular complexity index is 746. The molecule has 1 heterocycles. The number of hydrogen-bond acceptors (Lipinski definition) is 4. The molecule has 120 valence electrons. The fraction of sp³-hybridized carbons (Fsp3) is 0.188. The van der Waals surface area contributed by atoms with E-state index in [0.29, 0.717) is 5.01 Å². The molecule has 0 amide bonds. The Kier molecular flexibility index (Phi) is 3.52. The van der Waals surface area contributed by atoms with Crippen LogP contribution in [0.25, 0.3) is 0 Å². The van der Waals surface area contributed by atoms with Crippen molar-refractivity contribution in [3.05, 3.63) is 60.2 Å². The first-order chi connectivity index (χ1) is 10.8. The predicted octanol–water partition coefficient (Wildman–Crippen LogP) is 3.26. The quantitative estimate of drug-likeness (QED) is 0.892. The summed E-state index contributed by atoms with van der Waals surface area (Å²) >= 11 is 0. The molecule has 4 nitrogen and oxygen atoms in total. The van der Waals surface area contributed by atoms with Gasteiger partial charge in [0.25, 0.3) is 5.72 Å². The molecule has 0 spiro atoms. The highest BCUT2D eigenvalue weighted by Crippen LogP contribution is 2.44. The maximum atomic E-state index is 13.4. The minimum atomic E-state index is -4.92. The van der Waals surface area contributed by atoms with Gasteiger partial charge in [-0.25, -0.2) is 5.01 Å². The highest BCUT2D eigenvalue weighted by atomic mass is 19.4. The van der Waals surface area contributed by atoms with Crippen molar-refractivity contribution in [1.82, 2.24) is 0 Å². The van der Waals surface area contributed by atoms with Crippen LogP contribution in [0.2, 0.25) is 0 Å². The highest BCUT2D eigenvalue weighted by Gasteiger charge is 2.62. The standard InChI is InChI=1S/C16H13F3N2O2/c17-16(18,19)15(23)10-13(12-8-4-5-9-14(12)22)20-21(15)11-6-2-1-3-7-11/h1-9,22-23H,10H2/t15-/m1/s1. The van der Waals surface area contributed by atoms with Crippen molar-refractivity contribution in [1.29, 1.82) is 0 Å². The second kappa shape index (κ2) is 5.27. The molecule has 2 N–H and O–H groups in total. The predicted molar refractivity (Wildman–Crippen MR) is 79.2 cm³/mol. The molecule has 0 aromatic heterocycles. The smallest absolute Gasteiger partial charge is 0.438 e. The van der Waals surface area contributed by atoms with Crippen molar-refractivity contribution in [2.24, 2.45) is 5.10 Å². The Balaban J connectivity index is 2.11. The zero-order valence-electron chi connectivity index (χ0n) is 11.8. The van der Waals surface area contributed by atoms with Crippen LogP contribution in [-0.4, -0.2) is 27.8 Å². The second-order valence-electron chi connectivity index (χ2n) is 5.20. The summed E-state index contributed by atoms with van der Waals surface area (Å²) in [6.07, 6.45) is -5.69. The van der Waals surface area contributed by atoms with Crippen LogP contribution in [0, 0.1) is 0 Å². The number of nitrogens with zero attached hydrogens (tertiary/aromatic N) is 2. The van der Waals surface area contributed by atoms with Gasteiger partial charge in [-0.1, -0.05) is 30.3 Å². The molecule has 7 heteroatoms. The van der Waals surface area contributed by atoms with Crippen LogP contribution >= 0.6 is 0 Å². The molecule has 0 unspecified atom stereocenters. The van der Waals surface area contributed by atoms with Gasteiger partial charge in [0.15, 0.2) is 0 Å². The van der Waals surface area contributed by atoms with Crippen molar-refractivity contribution >= 4 is 11.4 Å². The number of para-hydroxylation sites is 2. The number of hydrogen-bond donors (Lipinski definition) is 2. The molecule has 0 saturated heterocycles. The number of hydrazone groups is 1. The minimum absolute atomic E-state index is 0.0354. The summed E-state index contributed by atoms with van der Waals surface area (Å²) in [6, 6.07) is 13.6. The van der Waals surface area contributed by atoms with Crippen molar-refractivity contribution in [3.8, 4) is 5.75 Å². The topological polar surface area (TPSA) is 56.1 Å². The second-order valence-corrected chi connectivity index (χ2v) is 5.20. The Labute approximate surface area is 130 Å². The fourth-order valence-corrected chi connectivity index (χ4v) is 2.47. The van der Waals surface area contributed by atoms with Crippen LogP contribution in [0.3, 0.4) is 0 Å². The van der Waals surface area contributed by atoms with Crippen molar-refractivity contribution in [2.45, 2.75) is 18.3 Å². The molecule has 0 aliphatic carbocycles. The van der Waals surface area contributed by atoms with Crippen LogP contribution in [0.1, 0.15) is 12.0 Å². The molecule has 1 atom stereocenters. The Morgan fingerprint density at radius 3 is 2.22 bits per heavy atom. The van der Waals surface area contributed by atoms with E-state index >= 15 is 0 Å². The van der Waals surface area contributed by atoms with Gasteiger partial charge in [0.1, 0.15) is 5.75 Å². The number of aliphatic hydroxyl groups is 1. The number of phenolic OH excluding ortho intramolecular Hbond substituents is 1. The summed E-state index contributed by atoms with van der Waals surface area (Å²) < 4.78 is 40.3. The van der Waals surface area contributed by atoms with Gasteiger partial charge < -0.3 is 10.2 Å². The number of rotatable bonds is 2. The number of halogens is 3. The van der Waals surface area contributed by atoms with Gasteiger partial charge in [0.2, 0.25) is 0 Å². The molecule has 0 fully saturated rings. The molecule has 1 aliphatic rings. The number of alkyl halides is 3. The summed E-state index contributed by atoms with van der Waals surface area (Å²) in [5.41, 5.74) is -2.93. The molecule has 23 heavy (non-hydrogen) atoms. The molecule has 3 rings (SSSR count). The van der Waals surface area contributed by atoms with Crippen LogP contribution < -0.4 is 5.01 Å². The van der Waals surface area contributed by atoms with Gasteiger partial charge >= 0.3 is 6.18 Å². The highest BCUT2D eigenvalue weighted by molar-refractivity contribution is 6.05. The molecular weight excluding hydrogens is 309 g/mol. The lowest BCUT2D eigenvalue weighted by molar-refractivity contribution is -0.254. The van der Waals surface area contributed by atoms with E-state index in [-0.39, 0.29) is 22.7 Å². The molecule has 2 aromatic carbocycles. The average molecular weight is 322 g/mol. The van der Waals surface area contributed by atoms with Crippen molar-refractivity contribution in [2.75, 3.05) is 5.01 Å². The first-order valence-corrected chi connectivity index (χ1v) is 6.83. The van der Waals surface area contributed by atoms with Crippen molar-refractivity contribution in [3.63, 3.8) is 0 Å². The van der Waals surface area contributed by atoms with Gasteiger partial charge in [-0.15, -0.1) is 0 Å². The largest absolute Gasteiger partial charge is 0.507 e. The summed E-state index contributed by atoms with van der Waals surface area (Å²) in [5.74, 6) is -0.189. The molecule has 2 aromatic rings. The number of benzene rings is 2. The third-order valence-electron chi connectivity index (χ3n) is 3.65. The summed E-state index contributed by atoms with van der Waals surface area (Å²) in [7, 11) is 0. The summed E-state index contributed by atoms with van der Waals surface area (Å²) in [6.45, 7) is 0. The zero-order valence-corrected chi connectivity index (χ0v) is 11.8. The first-order valence-electron chi connectivity index (χ1n) is 6.83. The van der Waals surface area contributed by atoms with Gasteiger partial charge in [0.05, 0.1) is 17.8 Å². The maximum absolute atomic E-state index is 13.4. The molecule has 0 saturated carbocycles. The van der Waals surface area contributed by atoms with E-state index in [4.69, 9.17) is 0 Å². The van der Waals surface area contributed by atoms with Gasteiger partial charge in [-0.05, 0) is 24.3 Å². The third kappa shape index (κ3) is 2.53. The van der Waals surface area contributed by atoms with E-state index in [0.717, 1.165) is 0 Å². The van der Waals surface area contributed by atoms with Crippen LogP contribution in [0.15, 0.2) is 59.7 Å². The van der Waals surface area contributed by atoms with Gasteiger partial charge in [-0.3, -0.25) is 0 Å². The Morgan fingerprint density at radius 2 is 1.61 bits per heavy atom. The molecule has 0 bridgehead atoms. The first kappa shape index (κ1) is 15.4. The van der Waals surface area contributed by atoms with Gasteiger partial charge in [0, 0.05) is 5.56 Å². The van der Waals surface area contributed by atoms with E-state index in [1.54, 1.807) is 30.3 Å². The van der Waals surface area contributed by atoms with E-state index in [1.807, 2.05) is 0 Å². The van der Waals surface area contributed by atoms with E-state index < -0.39 is 18.3 Å². The monoisotopic (exact) mass is 322 g/mol.